The van der Waals surface area contributed by atoms with Crippen LogP contribution in [0.25, 0.3) is 11.3 Å². The molecular formula is C23H32ClF2N5O2. The number of ether oxygens (including phenoxy) is 1. The van der Waals surface area contributed by atoms with Gasteiger partial charge in [0, 0.05) is 42.3 Å². The standard InChI is InChI=1S/C23H32ClF2N5O2/c1-23(2,3)30(22(32)33-4)14-16-7-5-15(6-8-16)12-27-19-11-20(24)28-13-17(19)18-9-10-31(29-18)21(25)26/h9-11,13,15-16,21H,5-8,12,14H2,1-4H3,(H,27,28). The first-order chi connectivity index (χ1) is 15.6. The summed E-state index contributed by atoms with van der Waals surface area (Å²) >= 11 is 6.08. The largest absolute Gasteiger partial charge is 0.453 e. The average Bonchev–Trinajstić information content (AvgIpc) is 3.26. The van der Waals surface area contributed by atoms with Crippen molar-refractivity contribution in [1.29, 1.82) is 0 Å². The number of nitrogens with zero attached hydrogens (tertiary/aromatic N) is 4. The molecular weight excluding hydrogens is 452 g/mol. The van der Waals surface area contributed by atoms with E-state index in [0.717, 1.165) is 37.9 Å². The number of halogens is 3. The van der Waals surface area contributed by atoms with Gasteiger partial charge in [0.15, 0.2) is 0 Å². The van der Waals surface area contributed by atoms with Gasteiger partial charge in [0.05, 0.1) is 12.8 Å². The number of pyridine rings is 1. The van der Waals surface area contributed by atoms with Crippen molar-refractivity contribution in [1.82, 2.24) is 19.7 Å². The Morgan fingerprint density at radius 2 is 1.97 bits per heavy atom. The number of hydrogen-bond acceptors (Lipinski definition) is 5. The Kier molecular flexibility index (Phi) is 8.15. The normalized spacial score (nSPS) is 18.9. The SMILES string of the molecule is COC(=O)N(CC1CCC(CNc2cc(Cl)ncc2-c2ccn(C(F)F)n2)CC1)C(C)(C)C. The summed E-state index contributed by atoms with van der Waals surface area (Å²) in [4.78, 5) is 18.1. The molecule has 33 heavy (non-hydrogen) atoms. The fourth-order valence-corrected chi connectivity index (χ4v) is 4.39. The molecule has 2 aromatic heterocycles. The molecule has 0 atom stereocenters. The Labute approximate surface area is 198 Å². The molecule has 0 bridgehead atoms. The maximum absolute atomic E-state index is 12.9. The van der Waals surface area contributed by atoms with Crippen molar-refractivity contribution < 1.29 is 18.3 Å². The molecule has 10 heteroatoms. The van der Waals surface area contributed by atoms with E-state index in [0.29, 0.717) is 39.5 Å². The molecule has 1 saturated carbocycles. The predicted octanol–water partition coefficient (Wildman–Crippen LogP) is 6.08. The fraction of sp³-hybridized carbons (Fsp3) is 0.609. The fourth-order valence-electron chi connectivity index (χ4n) is 4.23. The Morgan fingerprint density at radius 3 is 2.55 bits per heavy atom. The van der Waals surface area contributed by atoms with Gasteiger partial charge in [-0.3, -0.25) is 0 Å². The number of nitrogens with one attached hydrogen (secondary N) is 1. The monoisotopic (exact) mass is 483 g/mol. The maximum Gasteiger partial charge on any atom is 0.409 e. The van der Waals surface area contributed by atoms with Crippen molar-refractivity contribution in [3.8, 4) is 11.3 Å². The van der Waals surface area contributed by atoms with Crippen LogP contribution in [0.15, 0.2) is 24.5 Å². The summed E-state index contributed by atoms with van der Waals surface area (Å²) in [5, 5.41) is 7.69. The number of amides is 1. The summed E-state index contributed by atoms with van der Waals surface area (Å²) in [6, 6.07) is 3.23. The zero-order chi connectivity index (χ0) is 24.2. The number of alkyl halides is 2. The van der Waals surface area contributed by atoms with Crippen LogP contribution in [0.4, 0.5) is 19.3 Å². The lowest BCUT2D eigenvalue weighted by atomic mass is 9.81. The first kappa shape index (κ1) is 25.2. The highest BCUT2D eigenvalue weighted by atomic mass is 35.5. The molecule has 2 heterocycles. The second kappa shape index (κ2) is 10.7. The predicted molar refractivity (Wildman–Crippen MR) is 125 cm³/mol. The van der Waals surface area contributed by atoms with E-state index in [1.807, 2.05) is 20.8 Å². The molecule has 3 rings (SSSR count). The van der Waals surface area contributed by atoms with Crippen molar-refractivity contribution in [2.45, 2.75) is 58.5 Å². The Morgan fingerprint density at radius 1 is 1.30 bits per heavy atom. The zero-order valence-corrected chi connectivity index (χ0v) is 20.3. The highest BCUT2D eigenvalue weighted by Gasteiger charge is 2.31. The molecule has 7 nitrogen and oxygen atoms in total. The summed E-state index contributed by atoms with van der Waals surface area (Å²) < 4.78 is 31.4. The second-order valence-electron chi connectivity index (χ2n) is 9.53. The number of anilines is 1. The van der Waals surface area contributed by atoms with Crippen LogP contribution < -0.4 is 5.32 Å². The van der Waals surface area contributed by atoms with Crippen LogP contribution in [0.3, 0.4) is 0 Å². The third kappa shape index (κ3) is 6.56. The Bertz CT molecular complexity index is 939. The second-order valence-corrected chi connectivity index (χ2v) is 9.92. The molecule has 1 aliphatic carbocycles. The first-order valence-corrected chi connectivity index (χ1v) is 11.5. The molecule has 0 radical (unpaired) electrons. The van der Waals surface area contributed by atoms with E-state index in [2.05, 4.69) is 15.4 Å². The molecule has 1 amide bonds. The third-order valence-corrected chi connectivity index (χ3v) is 6.35. The average molecular weight is 484 g/mol. The van der Waals surface area contributed by atoms with Gasteiger partial charge in [0.1, 0.15) is 5.15 Å². The van der Waals surface area contributed by atoms with Crippen LogP contribution >= 0.6 is 11.6 Å². The van der Waals surface area contributed by atoms with Crippen LogP contribution in [0, 0.1) is 11.8 Å². The molecule has 2 aromatic rings. The van der Waals surface area contributed by atoms with Crippen LogP contribution in [-0.2, 0) is 4.74 Å². The van der Waals surface area contributed by atoms with Gasteiger partial charge in [-0.2, -0.15) is 13.9 Å². The molecule has 1 aliphatic rings. The van der Waals surface area contributed by atoms with Crippen molar-refractivity contribution in [3.63, 3.8) is 0 Å². The van der Waals surface area contributed by atoms with Crippen molar-refractivity contribution in [3.05, 3.63) is 29.7 Å². The summed E-state index contributed by atoms with van der Waals surface area (Å²) in [6.45, 7) is 4.77. The topological polar surface area (TPSA) is 72.3 Å². The Hall–Kier alpha value is -2.42. The minimum absolute atomic E-state index is 0.289. The van der Waals surface area contributed by atoms with Crippen molar-refractivity contribution in [2.75, 3.05) is 25.5 Å². The summed E-state index contributed by atoms with van der Waals surface area (Å²) in [5.41, 5.74) is 1.48. The lowest BCUT2D eigenvalue weighted by molar-refractivity contribution is 0.0568. The smallest absolute Gasteiger partial charge is 0.409 e. The molecule has 0 aromatic carbocycles. The van der Waals surface area contributed by atoms with Crippen molar-refractivity contribution >= 4 is 23.4 Å². The maximum atomic E-state index is 12.9. The Balaban J connectivity index is 1.59. The lowest BCUT2D eigenvalue weighted by Crippen LogP contribution is -2.48. The molecule has 0 saturated heterocycles. The zero-order valence-electron chi connectivity index (χ0n) is 19.5. The van der Waals surface area contributed by atoms with E-state index in [-0.39, 0.29) is 11.6 Å². The molecule has 0 aliphatic heterocycles. The van der Waals surface area contributed by atoms with E-state index in [9.17, 15) is 13.6 Å². The van der Waals surface area contributed by atoms with E-state index in [1.165, 1.54) is 19.4 Å². The van der Waals surface area contributed by atoms with Gasteiger partial charge in [-0.05, 0) is 70.4 Å². The minimum atomic E-state index is -2.70. The van der Waals surface area contributed by atoms with Gasteiger partial charge < -0.3 is 15.0 Å². The van der Waals surface area contributed by atoms with Gasteiger partial charge in [-0.25, -0.2) is 14.5 Å². The van der Waals surface area contributed by atoms with E-state index < -0.39 is 6.55 Å². The van der Waals surface area contributed by atoms with E-state index in [1.54, 1.807) is 17.2 Å². The highest BCUT2D eigenvalue weighted by Crippen LogP contribution is 2.33. The quantitative estimate of drug-likeness (QED) is 0.483. The summed E-state index contributed by atoms with van der Waals surface area (Å²) in [5.74, 6) is 0.893. The minimum Gasteiger partial charge on any atom is -0.453 e. The van der Waals surface area contributed by atoms with Crippen LogP contribution in [0.5, 0.6) is 0 Å². The van der Waals surface area contributed by atoms with Gasteiger partial charge in [-0.1, -0.05) is 11.6 Å². The third-order valence-electron chi connectivity index (χ3n) is 6.15. The van der Waals surface area contributed by atoms with Gasteiger partial charge in [0.25, 0.3) is 0 Å². The van der Waals surface area contributed by atoms with Crippen LogP contribution in [0.1, 0.15) is 53.0 Å². The summed E-state index contributed by atoms with van der Waals surface area (Å²) in [7, 11) is 1.42. The number of rotatable bonds is 7. The first-order valence-electron chi connectivity index (χ1n) is 11.2. The molecule has 1 N–H and O–H groups in total. The number of carbonyl (C=O) groups is 1. The molecule has 0 unspecified atom stereocenters. The van der Waals surface area contributed by atoms with E-state index in [4.69, 9.17) is 16.3 Å². The highest BCUT2D eigenvalue weighted by molar-refractivity contribution is 6.29. The van der Waals surface area contributed by atoms with Crippen molar-refractivity contribution in [2.24, 2.45) is 11.8 Å². The molecule has 0 spiro atoms. The molecule has 182 valence electrons. The van der Waals surface area contributed by atoms with Crippen LogP contribution in [0.2, 0.25) is 5.15 Å². The molecule has 1 fully saturated rings. The van der Waals surface area contributed by atoms with E-state index >= 15 is 0 Å². The van der Waals surface area contributed by atoms with Gasteiger partial charge in [-0.15, -0.1) is 0 Å². The lowest BCUT2D eigenvalue weighted by Gasteiger charge is -2.39. The number of hydrogen-bond donors (Lipinski definition) is 1. The van der Waals surface area contributed by atoms with Gasteiger partial charge in [0.2, 0.25) is 0 Å². The number of aromatic nitrogens is 3. The summed E-state index contributed by atoms with van der Waals surface area (Å²) in [6.07, 6.45) is 6.62. The van der Waals surface area contributed by atoms with Gasteiger partial charge >= 0.3 is 12.6 Å². The number of methoxy groups -OCH3 is 1. The number of carbonyl (C=O) groups excluding carboxylic acids is 1. The van der Waals surface area contributed by atoms with Crippen LogP contribution in [-0.4, -0.2) is 51.5 Å².